The first kappa shape index (κ1) is 17.6. The molecule has 0 aromatic rings. The van der Waals surface area contributed by atoms with Crippen LogP contribution in [-0.4, -0.2) is 44.0 Å². The minimum Gasteiger partial charge on any atom is -0.444 e. The van der Waals surface area contributed by atoms with Gasteiger partial charge in [-0.3, -0.25) is 0 Å². The molecule has 0 unspecified atom stereocenters. The highest BCUT2D eigenvalue weighted by Gasteiger charge is 2.13. The van der Waals surface area contributed by atoms with Gasteiger partial charge in [0.15, 0.2) is 0 Å². The molecule has 5 heteroatoms. The molecule has 3 N–H and O–H groups in total. The van der Waals surface area contributed by atoms with Gasteiger partial charge in [-0.25, -0.2) is 4.79 Å². The Labute approximate surface area is 98.6 Å². The van der Waals surface area contributed by atoms with Crippen LogP contribution >= 0.6 is 0 Å². The molecular weight excluding hydrogens is 208 g/mol. The van der Waals surface area contributed by atoms with Crippen molar-refractivity contribution in [2.75, 3.05) is 27.2 Å². The lowest BCUT2D eigenvalue weighted by Gasteiger charge is -2.18. The number of hydrogen-bond acceptors (Lipinski definition) is 4. The quantitative estimate of drug-likeness (QED) is 0.587. The Morgan fingerprint density at radius 1 is 1.25 bits per heavy atom. The fourth-order valence-electron chi connectivity index (χ4n) is 0.954. The van der Waals surface area contributed by atoms with Crippen LogP contribution < -0.4 is 10.6 Å². The maximum atomic E-state index is 10.5. The van der Waals surface area contributed by atoms with Crippen LogP contribution in [0.15, 0.2) is 0 Å². The van der Waals surface area contributed by atoms with Crippen molar-refractivity contribution in [1.82, 2.24) is 10.6 Å². The van der Waals surface area contributed by atoms with E-state index in [-0.39, 0.29) is 11.7 Å². The van der Waals surface area contributed by atoms with Crippen LogP contribution in [0.1, 0.15) is 33.6 Å². The molecule has 1 aliphatic heterocycles. The third kappa shape index (κ3) is 15.7. The van der Waals surface area contributed by atoms with Gasteiger partial charge in [-0.2, -0.15) is 0 Å². The first-order chi connectivity index (χ1) is 7.45. The van der Waals surface area contributed by atoms with Crippen LogP contribution in [0, 0.1) is 0 Å². The second kappa shape index (κ2) is 10.7. The number of ether oxygens (including phenoxy) is 1. The Morgan fingerprint density at radius 3 is 1.81 bits per heavy atom. The summed E-state index contributed by atoms with van der Waals surface area (Å²) in [5.41, 5.74) is -0.389. The Bertz CT molecular complexity index is 155. The number of rotatable bonds is 0. The molecule has 16 heavy (non-hydrogen) atoms. The van der Waals surface area contributed by atoms with Crippen molar-refractivity contribution in [2.24, 2.45) is 0 Å². The van der Waals surface area contributed by atoms with Gasteiger partial charge in [0.05, 0.1) is 0 Å². The number of nitrogens with one attached hydrogen (secondary N) is 2. The first-order valence-corrected chi connectivity index (χ1v) is 5.52. The standard InChI is InChI=1S/C6H13NO2.C4H9N.CH4O/c1-6(2,3)9-5(8)7-4;1-2-4-5-3-1;1-2/h1-4H3,(H,7,8);5H,1-4H2;2H,1H3. The Hall–Kier alpha value is -0.810. The van der Waals surface area contributed by atoms with E-state index in [9.17, 15) is 4.79 Å². The van der Waals surface area contributed by atoms with Crippen molar-refractivity contribution in [1.29, 1.82) is 0 Å². The fraction of sp³-hybridized carbons (Fsp3) is 0.909. The summed E-state index contributed by atoms with van der Waals surface area (Å²) < 4.78 is 4.84. The average Bonchev–Trinajstić information content (AvgIpc) is 2.76. The van der Waals surface area contributed by atoms with Crippen molar-refractivity contribution in [3.05, 3.63) is 0 Å². The molecule has 0 bridgehead atoms. The average molecular weight is 234 g/mol. The van der Waals surface area contributed by atoms with Crippen LogP contribution in [0.3, 0.4) is 0 Å². The lowest BCUT2D eigenvalue weighted by Crippen LogP contribution is -2.30. The molecule has 1 rings (SSSR count). The van der Waals surface area contributed by atoms with Gasteiger partial charge < -0.3 is 20.5 Å². The molecular formula is C11H26N2O3. The van der Waals surface area contributed by atoms with Crippen LogP contribution in [0.25, 0.3) is 0 Å². The third-order valence-electron chi connectivity index (χ3n) is 1.56. The normalized spacial score (nSPS) is 13.9. The Kier molecular flexibility index (Phi) is 11.8. The highest BCUT2D eigenvalue weighted by molar-refractivity contribution is 5.67. The lowest BCUT2D eigenvalue weighted by molar-refractivity contribution is 0.0541. The van der Waals surface area contributed by atoms with Gasteiger partial charge in [0.1, 0.15) is 5.60 Å². The highest BCUT2D eigenvalue weighted by Crippen LogP contribution is 2.05. The fourth-order valence-corrected chi connectivity index (χ4v) is 0.954. The van der Waals surface area contributed by atoms with Crippen LogP contribution in [0.2, 0.25) is 0 Å². The summed E-state index contributed by atoms with van der Waals surface area (Å²) in [6, 6.07) is 0. The summed E-state index contributed by atoms with van der Waals surface area (Å²) >= 11 is 0. The van der Waals surface area contributed by atoms with Crippen molar-refractivity contribution in [3.63, 3.8) is 0 Å². The lowest BCUT2D eigenvalue weighted by atomic mass is 10.2. The topological polar surface area (TPSA) is 70.6 Å². The molecule has 0 aromatic heterocycles. The van der Waals surface area contributed by atoms with Crippen LogP contribution in [0.5, 0.6) is 0 Å². The molecule has 1 saturated heterocycles. The zero-order chi connectivity index (χ0) is 13.0. The molecule has 0 atom stereocenters. The maximum Gasteiger partial charge on any atom is 0.407 e. The zero-order valence-electron chi connectivity index (χ0n) is 11.1. The number of carbonyl (C=O) groups is 1. The Morgan fingerprint density at radius 2 is 1.69 bits per heavy atom. The van der Waals surface area contributed by atoms with E-state index in [1.807, 2.05) is 20.8 Å². The second-order valence-corrected chi connectivity index (χ2v) is 4.21. The summed E-state index contributed by atoms with van der Waals surface area (Å²) in [5.74, 6) is 0. The maximum absolute atomic E-state index is 10.5. The molecule has 0 aliphatic carbocycles. The van der Waals surface area contributed by atoms with Crippen molar-refractivity contribution < 1.29 is 14.6 Å². The molecule has 0 saturated carbocycles. The van der Waals surface area contributed by atoms with Crippen molar-refractivity contribution in [2.45, 2.75) is 39.2 Å². The summed E-state index contributed by atoms with van der Waals surface area (Å²) in [5, 5.41) is 12.6. The number of aliphatic hydroxyl groups is 1. The van der Waals surface area contributed by atoms with Gasteiger partial charge in [0.25, 0.3) is 0 Å². The van der Waals surface area contributed by atoms with E-state index >= 15 is 0 Å². The number of alkyl carbamates (subject to hydrolysis) is 1. The van der Waals surface area contributed by atoms with E-state index in [4.69, 9.17) is 9.84 Å². The van der Waals surface area contributed by atoms with Gasteiger partial charge in [0.2, 0.25) is 0 Å². The molecule has 0 aromatic carbocycles. The second-order valence-electron chi connectivity index (χ2n) is 4.21. The zero-order valence-corrected chi connectivity index (χ0v) is 11.1. The minimum absolute atomic E-state index is 0.387. The van der Waals surface area contributed by atoms with Gasteiger partial charge >= 0.3 is 6.09 Å². The summed E-state index contributed by atoms with van der Waals surface area (Å²) in [4.78, 5) is 10.5. The van der Waals surface area contributed by atoms with Gasteiger partial charge in [-0.05, 0) is 46.7 Å². The van der Waals surface area contributed by atoms with Gasteiger partial charge in [0, 0.05) is 14.2 Å². The van der Waals surface area contributed by atoms with E-state index in [2.05, 4.69) is 10.6 Å². The molecule has 1 aliphatic rings. The predicted octanol–water partition coefficient (Wildman–Crippen LogP) is 1.12. The Balaban J connectivity index is 0. The first-order valence-electron chi connectivity index (χ1n) is 5.52. The van der Waals surface area contributed by atoms with E-state index in [0.717, 1.165) is 7.11 Å². The molecule has 0 spiro atoms. The number of aliphatic hydroxyl groups excluding tert-OH is 1. The summed E-state index contributed by atoms with van der Waals surface area (Å²) in [6.45, 7) is 7.97. The molecule has 1 heterocycles. The molecule has 1 fully saturated rings. The number of carbonyl (C=O) groups excluding carboxylic acids is 1. The van der Waals surface area contributed by atoms with E-state index in [1.54, 1.807) is 0 Å². The van der Waals surface area contributed by atoms with E-state index in [1.165, 1.54) is 33.0 Å². The smallest absolute Gasteiger partial charge is 0.407 e. The monoisotopic (exact) mass is 234 g/mol. The largest absolute Gasteiger partial charge is 0.444 e. The van der Waals surface area contributed by atoms with Gasteiger partial charge in [-0.15, -0.1) is 0 Å². The number of amides is 1. The molecule has 98 valence electrons. The van der Waals surface area contributed by atoms with Crippen molar-refractivity contribution >= 4 is 6.09 Å². The van der Waals surface area contributed by atoms with E-state index < -0.39 is 0 Å². The summed E-state index contributed by atoms with van der Waals surface area (Å²) in [7, 11) is 2.54. The molecule has 5 nitrogen and oxygen atoms in total. The highest BCUT2D eigenvalue weighted by atomic mass is 16.6. The molecule has 0 radical (unpaired) electrons. The van der Waals surface area contributed by atoms with Gasteiger partial charge in [-0.1, -0.05) is 0 Å². The van der Waals surface area contributed by atoms with Crippen molar-refractivity contribution in [3.8, 4) is 0 Å². The predicted molar refractivity (Wildman–Crippen MR) is 65.5 cm³/mol. The third-order valence-corrected chi connectivity index (χ3v) is 1.56. The minimum atomic E-state index is -0.389. The number of hydrogen-bond donors (Lipinski definition) is 3. The van der Waals surface area contributed by atoms with E-state index in [0.29, 0.717) is 0 Å². The summed E-state index contributed by atoms with van der Waals surface area (Å²) in [6.07, 6.45) is 2.39. The molecule has 1 amide bonds. The van der Waals surface area contributed by atoms with Crippen LogP contribution in [-0.2, 0) is 4.74 Å². The van der Waals surface area contributed by atoms with Crippen LogP contribution in [0.4, 0.5) is 4.79 Å². The SMILES string of the molecule is C1CCNC1.CNC(=O)OC(C)(C)C.CO.